The van der Waals surface area contributed by atoms with Gasteiger partial charge in [-0.05, 0) is 77.0 Å². The predicted octanol–water partition coefficient (Wildman–Crippen LogP) is 21.2. The lowest BCUT2D eigenvalue weighted by atomic mass is 10.0. The summed E-state index contributed by atoms with van der Waals surface area (Å²) in [6.07, 6.45) is 81.3. The first-order valence-corrected chi connectivity index (χ1v) is 31.2. The molecule has 0 fully saturated rings. The molecule has 70 heavy (non-hydrogen) atoms. The van der Waals surface area contributed by atoms with Crippen LogP contribution in [-0.2, 0) is 19.1 Å². The first kappa shape index (κ1) is 67.9. The molecule has 0 aromatic heterocycles. The van der Waals surface area contributed by atoms with Gasteiger partial charge in [-0.3, -0.25) is 9.59 Å². The summed E-state index contributed by atoms with van der Waals surface area (Å²) in [6, 6.07) is 0. The summed E-state index contributed by atoms with van der Waals surface area (Å²) in [5.41, 5.74) is 0. The Labute approximate surface area is 437 Å². The van der Waals surface area contributed by atoms with Crippen LogP contribution in [-0.4, -0.2) is 36.4 Å². The van der Waals surface area contributed by atoms with Gasteiger partial charge in [0.2, 0.25) is 0 Å². The summed E-state index contributed by atoms with van der Waals surface area (Å²) in [6.45, 7) is 4.13. The number of aliphatic hydroxyl groups is 1. The zero-order valence-corrected chi connectivity index (χ0v) is 47.0. The molecule has 0 spiro atoms. The monoisotopic (exact) mass is 981 g/mol. The lowest BCUT2D eigenvalue weighted by Crippen LogP contribution is -2.28. The van der Waals surface area contributed by atoms with Crippen molar-refractivity contribution in [3.05, 3.63) is 48.6 Å². The topological polar surface area (TPSA) is 72.8 Å². The van der Waals surface area contributed by atoms with Crippen molar-refractivity contribution in [1.29, 1.82) is 0 Å². The van der Waals surface area contributed by atoms with Gasteiger partial charge < -0.3 is 14.6 Å². The van der Waals surface area contributed by atoms with Crippen molar-refractivity contribution in [1.82, 2.24) is 0 Å². The van der Waals surface area contributed by atoms with E-state index in [2.05, 4.69) is 62.5 Å². The molecule has 0 aromatic carbocycles. The third kappa shape index (κ3) is 58.4. The number of carbonyl (C=O) groups is 2. The Morgan fingerprint density at radius 1 is 0.329 bits per heavy atom. The fourth-order valence-corrected chi connectivity index (χ4v) is 9.38. The van der Waals surface area contributed by atoms with Gasteiger partial charge in [-0.25, -0.2) is 0 Å². The Kier molecular flexibility index (Phi) is 59.3. The normalized spacial score (nSPS) is 12.4. The Balaban J connectivity index is 3.38. The quantitative estimate of drug-likeness (QED) is 0.0373. The standard InChI is InChI=1S/C65H120O5/c1-3-5-7-9-11-13-15-17-19-21-22-23-24-25-26-27-28-29-30-31-32-33-34-35-36-37-38-39-40-41-42-44-46-48-50-52-54-56-58-60-65(68)70-63(61-66)62-69-64(67)59-57-55-53-51-49-47-45-43-20-18-16-14-12-10-8-6-4-2/h12,14-15,17-18,20-22,63,66H,3-11,13,16,19,23-62H2,1-2H3/b14-12-,17-15-,20-18-,22-21-. The van der Waals surface area contributed by atoms with Crippen molar-refractivity contribution < 1.29 is 24.2 Å². The highest BCUT2D eigenvalue weighted by atomic mass is 16.6. The van der Waals surface area contributed by atoms with Crippen LogP contribution in [0.15, 0.2) is 48.6 Å². The van der Waals surface area contributed by atoms with Gasteiger partial charge in [0.05, 0.1) is 6.61 Å². The average Bonchev–Trinajstić information content (AvgIpc) is 3.36. The van der Waals surface area contributed by atoms with Crippen LogP contribution in [0.3, 0.4) is 0 Å². The number of esters is 2. The van der Waals surface area contributed by atoms with Crippen molar-refractivity contribution in [3.63, 3.8) is 0 Å². The van der Waals surface area contributed by atoms with E-state index < -0.39 is 6.10 Å². The molecular formula is C65H120O5. The van der Waals surface area contributed by atoms with Crippen LogP contribution < -0.4 is 0 Å². The Hall–Kier alpha value is -2.14. The molecule has 0 aromatic rings. The highest BCUT2D eigenvalue weighted by Crippen LogP contribution is 2.18. The molecule has 0 amide bonds. The second-order valence-electron chi connectivity index (χ2n) is 21.1. The van der Waals surface area contributed by atoms with Gasteiger partial charge in [0, 0.05) is 12.8 Å². The van der Waals surface area contributed by atoms with E-state index in [1.165, 1.54) is 257 Å². The number of hydrogen-bond acceptors (Lipinski definition) is 5. The predicted molar refractivity (Wildman–Crippen MR) is 307 cm³/mol. The number of allylic oxidation sites excluding steroid dienone is 8. The van der Waals surface area contributed by atoms with E-state index in [0.29, 0.717) is 12.8 Å². The maximum Gasteiger partial charge on any atom is 0.306 e. The molecule has 0 heterocycles. The minimum absolute atomic E-state index is 0.0665. The summed E-state index contributed by atoms with van der Waals surface area (Å²) in [5, 5.41) is 9.65. The van der Waals surface area contributed by atoms with Crippen molar-refractivity contribution in [3.8, 4) is 0 Å². The van der Waals surface area contributed by atoms with Gasteiger partial charge in [-0.2, -0.15) is 0 Å². The molecule has 0 saturated heterocycles. The van der Waals surface area contributed by atoms with Crippen molar-refractivity contribution >= 4 is 11.9 Å². The molecule has 1 N–H and O–H groups in total. The van der Waals surface area contributed by atoms with Crippen LogP contribution in [0.1, 0.15) is 335 Å². The molecule has 5 heteroatoms. The Morgan fingerprint density at radius 3 is 0.871 bits per heavy atom. The maximum atomic E-state index is 12.3. The van der Waals surface area contributed by atoms with Crippen LogP contribution in [0.5, 0.6) is 0 Å². The molecule has 0 aliphatic carbocycles. The van der Waals surface area contributed by atoms with Crippen LogP contribution in [0, 0.1) is 0 Å². The van der Waals surface area contributed by atoms with Crippen molar-refractivity contribution in [2.75, 3.05) is 13.2 Å². The molecule has 0 saturated carbocycles. The Bertz CT molecular complexity index is 1150. The van der Waals surface area contributed by atoms with Crippen LogP contribution >= 0.6 is 0 Å². The largest absolute Gasteiger partial charge is 0.462 e. The van der Waals surface area contributed by atoms with E-state index in [4.69, 9.17) is 9.47 Å². The summed E-state index contributed by atoms with van der Waals surface area (Å²) >= 11 is 0. The molecular weight excluding hydrogens is 861 g/mol. The maximum absolute atomic E-state index is 12.3. The van der Waals surface area contributed by atoms with Crippen molar-refractivity contribution in [2.24, 2.45) is 0 Å². The highest BCUT2D eigenvalue weighted by molar-refractivity contribution is 5.70. The van der Waals surface area contributed by atoms with E-state index in [1.807, 2.05) is 0 Å². The third-order valence-corrected chi connectivity index (χ3v) is 14.1. The van der Waals surface area contributed by atoms with Gasteiger partial charge >= 0.3 is 11.9 Å². The second-order valence-corrected chi connectivity index (χ2v) is 21.1. The van der Waals surface area contributed by atoms with Crippen molar-refractivity contribution in [2.45, 2.75) is 341 Å². The van der Waals surface area contributed by atoms with Crippen LogP contribution in [0.25, 0.3) is 0 Å². The van der Waals surface area contributed by atoms with Crippen LogP contribution in [0.2, 0.25) is 0 Å². The number of rotatable bonds is 58. The molecule has 0 bridgehead atoms. The van der Waals surface area contributed by atoms with Gasteiger partial charge in [0.25, 0.3) is 0 Å². The van der Waals surface area contributed by atoms with Gasteiger partial charge in [0.1, 0.15) is 6.61 Å². The van der Waals surface area contributed by atoms with Gasteiger partial charge in [-0.15, -0.1) is 0 Å². The number of aliphatic hydroxyl groups excluding tert-OH is 1. The minimum Gasteiger partial charge on any atom is -0.462 e. The molecule has 0 aliphatic rings. The lowest BCUT2D eigenvalue weighted by Gasteiger charge is -2.15. The molecule has 1 atom stereocenters. The molecule has 1 unspecified atom stereocenters. The third-order valence-electron chi connectivity index (χ3n) is 14.1. The molecule has 0 radical (unpaired) electrons. The Morgan fingerprint density at radius 2 is 0.571 bits per heavy atom. The first-order chi connectivity index (χ1) is 34.6. The molecule has 0 aliphatic heterocycles. The molecule has 5 nitrogen and oxygen atoms in total. The summed E-state index contributed by atoms with van der Waals surface area (Å²) in [4.78, 5) is 24.5. The fourth-order valence-electron chi connectivity index (χ4n) is 9.38. The molecule has 0 rings (SSSR count). The summed E-state index contributed by atoms with van der Waals surface area (Å²) in [7, 11) is 0. The minimum atomic E-state index is -0.774. The zero-order valence-electron chi connectivity index (χ0n) is 47.0. The molecule has 410 valence electrons. The van der Waals surface area contributed by atoms with E-state index in [0.717, 1.165) is 51.4 Å². The van der Waals surface area contributed by atoms with Crippen LogP contribution in [0.4, 0.5) is 0 Å². The number of ether oxygens (including phenoxy) is 2. The van der Waals surface area contributed by atoms with E-state index in [1.54, 1.807) is 0 Å². The first-order valence-electron chi connectivity index (χ1n) is 31.2. The average molecular weight is 982 g/mol. The second kappa shape index (κ2) is 61.2. The fraction of sp³-hybridized carbons (Fsp3) is 0.846. The number of carbonyl (C=O) groups excluding carboxylic acids is 2. The van der Waals surface area contributed by atoms with Gasteiger partial charge in [-0.1, -0.05) is 294 Å². The van der Waals surface area contributed by atoms with Gasteiger partial charge in [0.15, 0.2) is 6.10 Å². The summed E-state index contributed by atoms with van der Waals surface area (Å²) in [5.74, 6) is -0.585. The van der Waals surface area contributed by atoms with E-state index in [9.17, 15) is 14.7 Å². The number of unbranched alkanes of at least 4 members (excludes halogenated alkanes) is 42. The zero-order chi connectivity index (χ0) is 50.6. The number of hydrogen-bond donors (Lipinski definition) is 1. The van der Waals surface area contributed by atoms with E-state index >= 15 is 0 Å². The smallest absolute Gasteiger partial charge is 0.306 e. The lowest BCUT2D eigenvalue weighted by molar-refractivity contribution is -0.161. The SMILES string of the molecule is CCCCC/C=C\C/C=C\CCCCCCCCCC(=O)OCC(CO)OC(=O)CCCCCCCCCCCCCCCCCCCCCCCCCCCCC/C=C\C/C=C\CCCCCCC. The summed E-state index contributed by atoms with van der Waals surface area (Å²) < 4.78 is 10.7. The highest BCUT2D eigenvalue weighted by Gasteiger charge is 2.16. The van der Waals surface area contributed by atoms with E-state index in [-0.39, 0.29) is 25.2 Å².